The summed E-state index contributed by atoms with van der Waals surface area (Å²) in [6, 6.07) is 5.28. The molecule has 0 aliphatic carbocycles. The zero-order chi connectivity index (χ0) is 12.4. The van der Waals surface area contributed by atoms with E-state index < -0.39 is 12.2 Å². The molecule has 1 heterocycles. The number of carbonyl (C=O) groups is 1. The lowest BCUT2D eigenvalue weighted by molar-refractivity contribution is -0.122. The Balaban J connectivity index is 2.25. The number of aliphatic hydroxyl groups is 1. The Morgan fingerprint density at radius 2 is 2.35 bits per heavy atom. The van der Waals surface area contributed by atoms with Crippen molar-refractivity contribution in [3.05, 3.63) is 23.8 Å². The zero-order valence-electron chi connectivity index (χ0n) is 9.86. The first-order chi connectivity index (χ1) is 8.11. The number of rotatable bonds is 3. The molecule has 5 nitrogen and oxygen atoms in total. The van der Waals surface area contributed by atoms with Gasteiger partial charge in [0.15, 0.2) is 6.10 Å². The number of nitrogens with one attached hydrogen (secondary N) is 2. The van der Waals surface area contributed by atoms with Gasteiger partial charge < -0.3 is 20.5 Å². The minimum atomic E-state index is -0.582. The summed E-state index contributed by atoms with van der Waals surface area (Å²) in [4.78, 5) is 11.4. The van der Waals surface area contributed by atoms with Crippen LogP contribution in [0.4, 0.5) is 5.69 Å². The largest absolute Gasteiger partial charge is 0.479 e. The summed E-state index contributed by atoms with van der Waals surface area (Å²) in [5.74, 6) is 0.450. The second-order valence-corrected chi connectivity index (χ2v) is 4.08. The lowest BCUT2D eigenvalue weighted by Gasteiger charge is -2.24. The van der Waals surface area contributed by atoms with Crippen LogP contribution >= 0.6 is 0 Å². The third kappa shape index (κ3) is 2.40. The number of hydrogen-bond donors (Lipinski definition) is 3. The number of carbonyl (C=O) groups excluding carboxylic acids is 1. The van der Waals surface area contributed by atoms with Gasteiger partial charge >= 0.3 is 0 Å². The van der Waals surface area contributed by atoms with Gasteiger partial charge in [0.2, 0.25) is 0 Å². The number of ether oxygens (including phenoxy) is 1. The summed E-state index contributed by atoms with van der Waals surface area (Å²) in [5.41, 5.74) is 1.41. The Kier molecular flexibility index (Phi) is 3.31. The summed E-state index contributed by atoms with van der Waals surface area (Å²) >= 11 is 0. The minimum absolute atomic E-state index is 0.152. The maximum Gasteiger partial charge on any atom is 0.265 e. The Hall–Kier alpha value is -1.59. The van der Waals surface area contributed by atoms with Crippen molar-refractivity contribution in [2.45, 2.75) is 19.1 Å². The molecule has 0 fully saturated rings. The van der Waals surface area contributed by atoms with Gasteiger partial charge in [-0.05, 0) is 31.7 Å². The van der Waals surface area contributed by atoms with E-state index in [1.165, 1.54) is 0 Å². The highest BCUT2D eigenvalue weighted by Gasteiger charge is 2.24. The highest BCUT2D eigenvalue weighted by molar-refractivity contribution is 5.97. The fraction of sp³-hybridized carbons (Fsp3) is 0.417. The summed E-state index contributed by atoms with van der Waals surface area (Å²) < 4.78 is 5.47. The number of hydrogen-bond acceptors (Lipinski definition) is 4. The van der Waals surface area contributed by atoms with E-state index in [0.29, 0.717) is 18.0 Å². The molecule has 17 heavy (non-hydrogen) atoms. The second kappa shape index (κ2) is 4.73. The van der Waals surface area contributed by atoms with Crippen LogP contribution in [-0.4, -0.2) is 30.7 Å². The van der Waals surface area contributed by atoms with Crippen molar-refractivity contribution in [3.63, 3.8) is 0 Å². The van der Waals surface area contributed by atoms with Crippen LogP contribution < -0.4 is 15.4 Å². The van der Waals surface area contributed by atoms with E-state index in [9.17, 15) is 9.90 Å². The molecule has 0 aromatic heterocycles. The lowest BCUT2D eigenvalue weighted by atomic mass is 10.1. The Morgan fingerprint density at radius 1 is 1.59 bits per heavy atom. The Bertz CT molecular complexity index is 434. The number of likely N-dealkylation sites (N-methyl/N-ethyl adjacent to an activating group) is 1. The normalized spacial score (nSPS) is 20.2. The van der Waals surface area contributed by atoms with Crippen LogP contribution in [0.15, 0.2) is 18.2 Å². The fourth-order valence-electron chi connectivity index (χ4n) is 1.74. The number of benzene rings is 1. The van der Waals surface area contributed by atoms with Gasteiger partial charge in [0.1, 0.15) is 5.75 Å². The van der Waals surface area contributed by atoms with Gasteiger partial charge in [-0.1, -0.05) is 6.07 Å². The SMILES string of the molecule is CNCC(O)c1ccc2c(c1)OC(C)C(=O)N2. The molecular formula is C12H16N2O3. The van der Waals surface area contributed by atoms with Crippen molar-refractivity contribution in [2.75, 3.05) is 18.9 Å². The molecular weight excluding hydrogens is 220 g/mol. The molecule has 2 atom stereocenters. The van der Waals surface area contributed by atoms with Crippen LogP contribution in [0.5, 0.6) is 5.75 Å². The maximum atomic E-state index is 11.4. The molecule has 0 saturated carbocycles. The second-order valence-electron chi connectivity index (χ2n) is 4.08. The quantitative estimate of drug-likeness (QED) is 0.721. The van der Waals surface area contributed by atoms with Gasteiger partial charge in [0.25, 0.3) is 5.91 Å². The number of fused-ring (bicyclic) bond motifs is 1. The van der Waals surface area contributed by atoms with Gasteiger partial charge in [-0.25, -0.2) is 0 Å². The first-order valence-corrected chi connectivity index (χ1v) is 5.56. The van der Waals surface area contributed by atoms with Crippen LogP contribution in [0.25, 0.3) is 0 Å². The summed E-state index contributed by atoms with van der Waals surface area (Å²) in [5, 5.41) is 15.5. The van der Waals surface area contributed by atoms with Crippen molar-refractivity contribution in [2.24, 2.45) is 0 Å². The topological polar surface area (TPSA) is 70.6 Å². The van der Waals surface area contributed by atoms with Crippen LogP contribution in [-0.2, 0) is 4.79 Å². The first-order valence-electron chi connectivity index (χ1n) is 5.56. The molecule has 3 N–H and O–H groups in total. The molecule has 2 rings (SSSR count). The average molecular weight is 236 g/mol. The van der Waals surface area contributed by atoms with Gasteiger partial charge in [0.05, 0.1) is 11.8 Å². The summed E-state index contributed by atoms with van der Waals surface area (Å²) in [6.45, 7) is 2.16. The number of anilines is 1. The third-order valence-corrected chi connectivity index (χ3v) is 2.72. The predicted octanol–water partition coefficient (Wildman–Crippen LogP) is 0.659. The maximum absolute atomic E-state index is 11.4. The molecule has 1 amide bonds. The third-order valence-electron chi connectivity index (χ3n) is 2.72. The molecule has 2 unspecified atom stereocenters. The van der Waals surface area contributed by atoms with Crippen molar-refractivity contribution in [1.82, 2.24) is 5.32 Å². The minimum Gasteiger partial charge on any atom is -0.479 e. The molecule has 0 spiro atoms. The molecule has 1 aromatic rings. The van der Waals surface area contributed by atoms with E-state index in [4.69, 9.17) is 4.74 Å². The zero-order valence-corrected chi connectivity index (χ0v) is 9.86. The Labute approximate surface area is 99.8 Å². The fourth-order valence-corrected chi connectivity index (χ4v) is 1.74. The van der Waals surface area contributed by atoms with Gasteiger partial charge in [-0.3, -0.25) is 4.79 Å². The molecule has 1 aliphatic heterocycles. The van der Waals surface area contributed by atoms with E-state index in [1.54, 1.807) is 32.2 Å². The smallest absolute Gasteiger partial charge is 0.265 e. The molecule has 5 heteroatoms. The number of amides is 1. The van der Waals surface area contributed by atoms with E-state index in [0.717, 1.165) is 5.56 Å². The van der Waals surface area contributed by atoms with Gasteiger partial charge in [-0.15, -0.1) is 0 Å². The molecule has 1 aromatic carbocycles. The Morgan fingerprint density at radius 3 is 3.06 bits per heavy atom. The summed E-state index contributed by atoms with van der Waals surface area (Å²) in [7, 11) is 1.78. The van der Waals surface area contributed by atoms with E-state index in [-0.39, 0.29) is 5.91 Å². The average Bonchev–Trinajstić information content (AvgIpc) is 2.30. The highest BCUT2D eigenvalue weighted by Crippen LogP contribution is 2.32. The van der Waals surface area contributed by atoms with Crippen LogP contribution in [0.2, 0.25) is 0 Å². The monoisotopic (exact) mass is 236 g/mol. The van der Waals surface area contributed by atoms with Crippen LogP contribution in [0, 0.1) is 0 Å². The van der Waals surface area contributed by atoms with Crippen LogP contribution in [0.3, 0.4) is 0 Å². The van der Waals surface area contributed by atoms with Crippen LogP contribution in [0.1, 0.15) is 18.6 Å². The molecule has 0 saturated heterocycles. The predicted molar refractivity (Wildman–Crippen MR) is 64.0 cm³/mol. The van der Waals surface area contributed by atoms with E-state index >= 15 is 0 Å². The molecule has 0 radical (unpaired) electrons. The van der Waals surface area contributed by atoms with E-state index in [1.807, 2.05) is 0 Å². The molecule has 92 valence electrons. The first kappa shape index (κ1) is 11.9. The summed E-state index contributed by atoms with van der Waals surface area (Å²) in [6.07, 6.45) is -1.08. The highest BCUT2D eigenvalue weighted by atomic mass is 16.5. The van der Waals surface area contributed by atoms with Crippen molar-refractivity contribution < 1.29 is 14.6 Å². The van der Waals surface area contributed by atoms with Crippen molar-refractivity contribution in [3.8, 4) is 5.75 Å². The van der Waals surface area contributed by atoms with Crippen molar-refractivity contribution in [1.29, 1.82) is 0 Å². The lowest BCUT2D eigenvalue weighted by Crippen LogP contribution is -2.34. The van der Waals surface area contributed by atoms with E-state index in [2.05, 4.69) is 10.6 Å². The van der Waals surface area contributed by atoms with Gasteiger partial charge in [0, 0.05) is 6.54 Å². The molecule has 0 bridgehead atoms. The van der Waals surface area contributed by atoms with Crippen molar-refractivity contribution >= 4 is 11.6 Å². The number of aliphatic hydroxyl groups excluding tert-OH is 1. The molecule has 1 aliphatic rings. The van der Waals surface area contributed by atoms with Gasteiger partial charge in [-0.2, -0.15) is 0 Å². The standard InChI is InChI=1S/C12H16N2O3/c1-7-12(16)14-9-4-3-8(5-11(9)17-7)10(15)6-13-2/h3-5,7,10,13,15H,6H2,1-2H3,(H,14,16).